The van der Waals surface area contributed by atoms with Crippen molar-refractivity contribution in [1.29, 1.82) is 0 Å². The molecule has 1 rings (SSSR count). The molecule has 0 atom stereocenters. The van der Waals surface area contributed by atoms with Crippen LogP contribution in [-0.4, -0.2) is 37.5 Å². The zero-order valence-corrected chi connectivity index (χ0v) is 9.33. The maximum absolute atomic E-state index is 11.2. The smallest absolute Gasteiger partial charge is 0.309 e. The van der Waals surface area contributed by atoms with E-state index in [1.807, 2.05) is 6.92 Å². The fraction of sp³-hybridized carbons (Fsp3) is 0.909. The van der Waals surface area contributed by atoms with Gasteiger partial charge >= 0.3 is 5.97 Å². The molecule has 1 heterocycles. The Hall–Kier alpha value is -0.610. The molecular weight excluding hydrogens is 196 g/mol. The molecule has 0 aliphatic carbocycles. The molecule has 0 unspecified atom stereocenters. The third-order valence-corrected chi connectivity index (χ3v) is 3.05. The molecule has 0 radical (unpaired) electrons. The molecule has 1 aliphatic heterocycles. The highest BCUT2D eigenvalue weighted by molar-refractivity contribution is 5.74. The van der Waals surface area contributed by atoms with E-state index in [4.69, 9.17) is 9.47 Å². The van der Waals surface area contributed by atoms with Gasteiger partial charge in [-0.15, -0.1) is 0 Å². The van der Waals surface area contributed by atoms with Crippen molar-refractivity contribution in [2.24, 2.45) is 5.41 Å². The Kier molecular flexibility index (Phi) is 5.05. The SMILES string of the molecule is CCOCCCC1(C(=O)O)CCOCC1. The van der Waals surface area contributed by atoms with Gasteiger partial charge in [0.05, 0.1) is 5.41 Å². The fourth-order valence-electron chi connectivity index (χ4n) is 1.99. The second-order valence-corrected chi connectivity index (χ2v) is 4.00. The number of aliphatic carboxylic acids is 1. The van der Waals surface area contributed by atoms with Crippen LogP contribution in [0.3, 0.4) is 0 Å². The average Bonchev–Trinajstić information content (AvgIpc) is 2.26. The van der Waals surface area contributed by atoms with Gasteiger partial charge < -0.3 is 14.6 Å². The van der Waals surface area contributed by atoms with Gasteiger partial charge in [0.25, 0.3) is 0 Å². The lowest BCUT2D eigenvalue weighted by Crippen LogP contribution is -2.37. The van der Waals surface area contributed by atoms with E-state index in [0.29, 0.717) is 45.7 Å². The second kappa shape index (κ2) is 6.08. The van der Waals surface area contributed by atoms with Gasteiger partial charge in [-0.2, -0.15) is 0 Å². The summed E-state index contributed by atoms with van der Waals surface area (Å²) < 4.78 is 10.4. The Morgan fingerprint density at radius 2 is 2.13 bits per heavy atom. The van der Waals surface area contributed by atoms with Crippen molar-refractivity contribution < 1.29 is 19.4 Å². The number of carboxylic acid groups (broad SMARTS) is 1. The second-order valence-electron chi connectivity index (χ2n) is 4.00. The summed E-state index contributed by atoms with van der Waals surface area (Å²) in [6, 6.07) is 0. The Morgan fingerprint density at radius 1 is 1.47 bits per heavy atom. The van der Waals surface area contributed by atoms with E-state index in [9.17, 15) is 9.90 Å². The minimum absolute atomic E-state index is 0.560. The summed E-state index contributed by atoms with van der Waals surface area (Å²) >= 11 is 0. The molecule has 0 bridgehead atoms. The highest BCUT2D eigenvalue weighted by Gasteiger charge is 2.39. The first-order chi connectivity index (χ1) is 7.21. The lowest BCUT2D eigenvalue weighted by atomic mass is 9.76. The molecule has 1 saturated heterocycles. The number of hydrogen-bond acceptors (Lipinski definition) is 3. The van der Waals surface area contributed by atoms with Gasteiger partial charge in [-0.3, -0.25) is 4.79 Å². The molecule has 1 fully saturated rings. The van der Waals surface area contributed by atoms with Crippen LogP contribution in [0.2, 0.25) is 0 Å². The molecule has 1 N–H and O–H groups in total. The number of ether oxygens (including phenoxy) is 2. The quantitative estimate of drug-likeness (QED) is 0.686. The zero-order chi connectivity index (χ0) is 11.1. The molecule has 15 heavy (non-hydrogen) atoms. The van der Waals surface area contributed by atoms with Crippen molar-refractivity contribution in [3.05, 3.63) is 0 Å². The van der Waals surface area contributed by atoms with Crippen LogP contribution in [0, 0.1) is 5.41 Å². The van der Waals surface area contributed by atoms with Crippen molar-refractivity contribution in [3.63, 3.8) is 0 Å². The fourth-order valence-corrected chi connectivity index (χ4v) is 1.99. The summed E-state index contributed by atoms with van der Waals surface area (Å²) in [5.74, 6) is -0.678. The molecule has 1 aliphatic rings. The lowest BCUT2D eigenvalue weighted by Gasteiger charge is -2.33. The number of carboxylic acids is 1. The van der Waals surface area contributed by atoms with Crippen molar-refractivity contribution in [3.8, 4) is 0 Å². The average molecular weight is 216 g/mol. The maximum Gasteiger partial charge on any atom is 0.309 e. The number of hydrogen-bond donors (Lipinski definition) is 1. The monoisotopic (exact) mass is 216 g/mol. The van der Waals surface area contributed by atoms with Crippen LogP contribution in [0.25, 0.3) is 0 Å². The normalized spacial score (nSPS) is 20.1. The Balaban J connectivity index is 2.39. The van der Waals surface area contributed by atoms with Crippen molar-refractivity contribution in [1.82, 2.24) is 0 Å². The predicted octanol–water partition coefficient (Wildman–Crippen LogP) is 1.68. The molecule has 4 nitrogen and oxygen atoms in total. The van der Waals surface area contributed by atoms with Crippen LogP contribution in [0.1, 0.15) is 32.6 Å². The van der Waals surface area contributed by atoms with E-state index in [0.717, 1.165) is 6.42 Å². The molecule has 88 valence electrons. The van der Waals surface area contributed by atoms with Crippen LogP contribution in [0.4, 0.5) is 0 Å². The molecule has 0 saturated carbocycles. The van der Waals surface area contributed by atoms with Crippen LogP contribution in [-0.2, 0) is 14.3 Å². The highest BCUT2D eigenvalue weighted by Crippen LogP contribution is 2.35. The van der Waals surface area contributed by atoms with Gasteiger partial charge in [-0.25, -0.2) is 0 Å². The molecule has 0 aromatic heterocycles. The summed E-state index contributed by atoms with van der Waals surface area (Å²) in [5.41, 5.74) is -0.560. The Bertz CT molecular complexity index is 197. The van der Waals surface area contributed by atoms with Crippen molar-refractivity contribution in [2.75, 3.05) is 26.4 Å². The van der Waals surface area contributed by atoms with E-state index in [-0.39, 0.29) is 0 Å². The third kappa shape index (κ3) is 3.47. The first-order valence-corrected chi connectivity index (χ1v) is 5.60. The lowest BCUT2D eigenvalue weighted by molar-refractivity contribution is -0.155. The van der Waals surface area contributed by atoms with Gasteiger partial charge in [-0.05, 0) is 32.6 Å². The Labute approximate surface area is 90.6 Å². The van der Waals surface area contributed by atoms with Crippen LogP contribution in [0.5, 0.6) is 0 Å². The molecule has 0 aromatic rings. The van der Waals surface area contributed by atoms with Crippen LogP contribution < -0.4 is 0 Å². The molecular formula is C11H20O4. The summed E-state index contributed by atoms with van der Waals surface area (Å²) in [6.07, 6.45) is 2.79. The Morgan fingerprint density at radius 3 is 2.67 bits per heavy atom. The standard InChI is InChI=1S/C11H20O4/c1-2-14-7-3-4-11(10(12)13)5-8-15-9-6-11/h2-9H2,1H3,(H,12,13). The number of rotatable bonds is 6. The maximum atomic E-state index is 11.2. The topological polar surface area (TPSA) is 55.8 Å². The van der Waals surface area contributed by atoms with Gasteiger partial charge in [0.15, 0.2) is 0 Å². The zero-order valence-electron chi connectivity index (χ0n) is 9.33. The van der Waals surface area contributed by atoms with E-state index in [2.05, 4.69) is 0 Å². The van der Waals surface area contributed by atoms with Crippen molar-refractivity contribution >= 4 is 5.97 Å². The van der Waals surface area contributed by atoms with E-state index in [1.54, 1.807) is 0 Å². The molecule has 4 heteroatoms. The largest absolute Gasteiger partial charge is 0.481 e. The minimum atomic E-state index is -0.678. The van der Waals surface area contributed by atoms with Crippen molar-refractivity contribution in [2.45, 2.75) is 32.6 Å². The summed E-state index contributed by atoms with van der Waals surface area (Å²) in [4.78, 5) is 11.2. The highest BCUT2D eigenvalue weighted by atomic mass is 16.5. The number of carbonyl (C=O) groups is 1. The van der Waals surface area contributed by atoms with Gasteiger partial charge in [-0.1, -0.05) is 0 Å². The first-order valence-electron chi connectivity index (χ1n) is 5.60. The summed E-state index contributed by atoms with van der Waals surface area (Å²) in [6.45, 7) is 4.44. The van der Waals surface area contributed by atoms with Crippen LogP contribution >= 0.6 is 0 Å². The van der Waals surface area contributed by atoms with Gasteiger partial charge in [0.1, 0.15) is 0 Å². The van der Waals surface area contributed by atoms with E-state index in [1.165, 1.54) is 0 Å². The summed E-state index contributed by atoms with van der Waals surface area (Å²) in [5, 5.41) is 9.25. The first kappa shape index (κ1) is 12.5. The van der Waals surface area contributed by atoms with Gasteiger partial charge in [0, 0.05) is 26.4 Å². The molecule has 0 spiro atoms. The third-order valence-electron chi connectivity index (χ3n) is 3.05. The van der Waals surface area contributed by atoms with Crippen LogP contribution in [0.15, 0.2) is 0 Å². The van der Waals surface area contributed by atoms with E-state index >= 15 is 0 Å². The predicted molar refractivity (Wildman–Crippen MR) is 55.8 cm³/mol. The minimum Gasteiger partial charge on any atom is -0.481 e. The van der Waals surface area contributed by atoms with Gasteiger partial charge in [0.2, 0.25) is 0 Å². The summed E-state index contributed by atoms with van der Waals surface area (Å²) in [7, 11) is 0. The van der Waals surface area contributed by atoms with E-state index < -0.39 is 11.4 Å². The molecule has 0 amide bonds. The molecule has 0 aromatic carbocycles.